The van der Waals surface area contributed by atoms with Crippen LogP contribution >= 0.6 is 7.82 Å². The molecule has 0 aliphatic heterocycles. The molecular weight excluding hydrogens is 1120 g/mol. The lowest BCUT2D eigenvalue weighted by Gasteiger charge is -2.26. The fourth-order valence-corrected chi connectivity index (χ4v) is 11.7. The molecule has 0 aromatic rings. The van der Waals surface area contributed by atoms with Crippen molar-refractivity contribution >= 4 is 13.7 Å². The molecule has 3 N–H and O–H groups in total. The summed E-state index contributed by atoms with van der Waals surface area (Å²) < 4.78 is 23.9. The average molecular weight is 1260 g/mol. The van der Waals surface area contributed by atoms with Gasteiger partial charge in [-0.25, -0.2) is 4.57 Å². The van der Waals surface area contributed by atoms with Gasteiger partial charge in [0, 0.05) is 6.42 Å². The average Bonchev–Trinajstić information content (AvgIpc) is 3.61. The molecule has 0 aliphatic carbocycles. The van der Waals surface area contributed by atoms with Gasteiger partial charge in [0.15, 0.2) is 0 Å². The van der Waals surface area contributed by atoms with Gasteiger partial charge in [0.25, 0.3) is 0 Å². The molecule has 0 bridgehead atoms. The third-order valence-electron chi connectivity index (χ3n) is 16.8. The number of carbonyl (C=O) groups excluding carboxylic acids is 1. The number of likely N-dealkylation sites (N-methyl/N-ethyl adjacent to an activating group) is 1. The number of carbonyl (C=O) groups is 1. The Balaban J connectivity index is 4.02. The number of hydrogen-bond donors (Lipinski definition) is 3. The van der Waals surface area contributed by atoms with Crippen LogP contribution < -0.4 is 5.32 Å². The second-order valence-electron chi connectivity index (χ2n) is 26.7. The quantitative estimate of drug-likeness (QED) is 0.0243. The van der Waals surface area contributed by atoms with E-state index in [0.717, 1.165) is 96.3 Å². The van der Waals surface area contributed by atoms with E-state index in [2.05, 4.69) is 129 Å². The third-order valence-corrected chi connectivity index (χ3v) is 17.8. The van der Waals surface area contributed by atoms with Gasteiger partial charge in [-0.15, -0.1) is 0 Å². The van der Waals surface area contributed by atoms with Crippen LogP contribution in [0.1, 0.15) is 341 Å². The lowest BCUT2D eigenvalue weighted by atomic mass is 10.0. The first-order chi connectivity index (χ1) is 43.5. The number of allylic oxidation sites excluding steroid dienone is 18. The molecule has 89 heavy (non-hydrogen) atoms. The molecule has 0 radical (unpaired) electrons. The van der Waals surface area contributed by atoms with E-state index in [4.69, 9.17) is 9.05 Å². The maximum atomic E-state index is 13.1. The molecule has 0 saturated heterocycles. The fourth-order valence-electron chi connectivity index (χ4n) is 11.0. The van der Waals surface area contributed by atoms with Gasteiger partial charge in [-0.05, 0) is 83.5 Å². The number of amides is 1. The van der Waals surface area contributed by atoms with Crippen LogP contribution in [0.15, 0.2) is 109 Å². The van der Waals surface area contributed by atoms with E-state index < -0.39 is 20.0 Å². The van der Waals surface area contributed by atoms with Gasteiger partial charge in [-0.3, -0.25) is 13.8 Å². The molecule has 0 saturated carbocycles. The van der Waals surface area contributed by atoms with Crippen LogP contribution in [-0.2, 0) is 18.4 Å². The molecule has 0 heterocycles. The van der Waals surface area contributed by atoms with E-state index in [1.165, 1.54) is 218 Å². The Morgan fingerprint density at radius 1 is 0.393 bits per heavy atom. The van der Waals surface area contributed by atoms with Crippen LogP contribution in [0.25, 0.3) is 0 Å². The minimum Gasteiger partial charge on any atom is -0.391 e. The minimum absolute atomic E-state index is 0.0718. The SMILES string of the molecule is CC/C=C\C/C=C\C/C=C\C/C=C\C/C=C\C/C=C\C/C=C\C/C=C\C/C=C\CCCCCCCCCCCCCCCC(=O)NC(COP(=O)(O)OCC[N+](C)(C)C)C(O)CCCCCCCCCCCCCCCCCCCCCCCCCCCC. The molecule has 0 rings (SSSR count). The second kappa shape index (κ2) is 69.5. The van der Waals surface area contributed by atoms with E-state index in [1.54, 1.807) is 0 Å². The molecular formula is C80H146N2O6P+. The summed E-state index contributed by atoms with van der Waals surface area (Å²) in [5, 5.41) is 14.2. The standard InChI is InChI=1S/C80H145N2O6P/c1-6-8-10-12-14-16-18-20-22-24-26-28-30-32-34-35-36-37-38-39-40-41-42-43-44-45-46-47-48-50-52-54-56-58-60-62-64-66-68-70-72-74-80(84)81-78(77-88-89(85,86)87-76-75-82(3,4)5)79(83)73-71-69-67-65-63-61-59-57-55-53-51-49-33-31-29-27-25-23-21-19-17-15-13-11-9-7-2/h8,10,14,16,20,22,26,28,32,34,36-37,39-40,42-43,45-46,78-79,83H,6-7,9,11-13,15,17-19,21,23-25,27,29-31,33,35,38,41,44,47-77H2,1-5H3,(H-,81,84,85,86)/p+1/b10-8-,16-14-,22-20-,28-26-,34-32-,37-36-,40-39-,43-42-,46-45-. The Bertz CT molecular complexity index is 1820. The van der Waals surface area contributed by atoms with E-state index >= 15 is 0 Å². The monoisotopic (exact) mass is 1260 g/mol. The smallest absolute Gasteiger partial charge is 0.391 e. The van der Waals surface area contributed by atoms with Crippen molar-refractivity contribution < 1.29 is 32.9 Å². The molecule has 0 aliphatic rings. The molecule has 0 aromatic carbocycles. The van der Waals surface area contributed by atoms with Gasteiger partial charge >= 0.3 is 7.82 Å². The van der Waals surface area contributed by atoms with Crippen molar-refractivity contribution in [1.29, 1.82) is 0 Å². The van der Waals surface area contributed by atoms with Crippen LogP contribution in [-0.4, -0.2) is 73.4 Å². The van der Waals surface area contributed by atoms with Crippen molar-refractivity contribution in [3.63, 3.8) is 0 Å². The van der Waals surface area contributed by atoms with Crippen LogP contribution in [0.5, 0.6) is 0 Å². The highest BCUT2D eigenvalue weighted by atomic mass is 31.2. The Kier molecular flexibility index (Phi) is 67.3. The van der Waals surface area contributed by atoms with Gasteiger partial charge in [0.2, 0.25) is 5.91 Å². The highest BCUT2D eigenvalue weighted by Crippen LogP contribution is 2.43. The number of aliphatic hydroxyl groups excluding tert-OH is 1. The second-order valence-corrected chi connectivity index (χ2v) is 28.1. The van der Waals surface area contributed by atoms with Crippen molar-refractivity contribution in [2.75, 3.05) is 40.9 Å². The van der Waals surface area contributed by atoms with Crippen molar-refractivity contribution in [3.8, 4) is 0 Å². The highest BCUT2D eigenvalue weighted by molar-refractivity contribution is 7.47. The van der Waals surface area contributed by atoms with Crippen LogP contribution in [0.2, 0.25) is 0 Å². The largest absolute Gasteiger partial charge is 0.472 e. The minimum atomic E-state index is -4.34. The van der Waals surface area contributed by atoms with Gasteiger partial charge in [-0.1, -0.05) is 361 Å². The predicted octanol–water partition coefficient (Wildman–Crippen LogP) is 24.6. The number of phosphoric ester groups is 1. The Labute approximate surface area is 552 Å². The summed E-state index contributed by atoms with van der Waals surface area (Å²) in [5.74, 6) is -0.144. The summed E-state index contributed by atoms with van der Waals surface area (Å²) in [7, 11) is 1.62. The van der Waals surface area contributed by atoms with E-state index in [0.29, 0.717) is 23.9 Å². The zero-order chi connectivity index (χ0) is 64.8. The van der Waals surface area contributed by atoms with E-state index in [9.17, 15) is 19.4 Å². The van der Waals surface area contributed by atoms with Crippen molar-refractivity contribution in [2.45, 2.75) is 353 Å². The number of nitrogens with one attached hydrogen (secondary N) is 1. The first-order valence-electron chi connectivity index (χ1n) is 37.8. The highest BCUT2D eigenvalue weighted by Gasteiger charge is 2.28. The fraction of sp³-hybridized carbons (Fsp3) is 0.762. The predicted molar refractivity (Wildman–Crippen MR) is 392 cm³/mol. The zero-order valence-corrected chi connectivity index (χ0v) is 60.0. The maximum Gasteiger partial charge on any atom is 0.472 e. The Morgan fingerprint density at radius 2 is 0.674 bits per heavy atom. The normalized spacial score (nSPS) is 14.2. The lowest BCUT2D eigenvalue weighted by Crippen LogP contribution is -2.46. The molecule has 0 spiro atoms. The van der Waals surface area contributed by atoms with E-state index in [1.807, 2.05) is 21.1 Å². The van der Waals surface area contributed by atoms with E-state index in [-0.39, 0.29) is 19.1 Å². The first kappa shape index (κ1) is 86.2. The molecule has 516 valence electrons. The van der Waals surface area contributed by atoms with Gasteiger partial charge in [0.05, 0.1) is 39.9 Å². The summed E-state index contributed by atoms with van der Waals surface area (Å²) in [5.41, 5.74) is 0. The van der Waals surface area contributed by atoms with Crippen LogP contribution in [0.4, 0.5) is 0 Å². The Morgan fingerprint density at radius 3 is 0.989 bits per heavy atom. The van der Waals surface area contributed by atoms with Gasteiger partial charge < -0.3 is 19.8 Å². The molecule has 9 heteroatoms. The lowest BCUT2D eigenvalue weighted by molar-refractivity contribution is -0.870. The Hall–Kier alpha value is -2.84. The summed E-state index contributed by atoms with van der Waals surface area (Å²) in [4.78, 5) is 23.5. The summed E-state index contributed by atoms with van der Waals surface area (Å²) >= 11 is 0. The molecule has 3 unspecified atom stereocenters. The first-order valence-corrected chi connectivity index (χ1v) is 39.2. The molecule has 3 atom stereocenters. The number of hydrogen-bond acceptors (Lipinski definition) is 5. The summed E-state index contributed by atoms with van der Waals surface area (Å²) in [6, 6.07) is -0.769. The number of nitrogens with zero attached hydrogens (tertiary/aromatic N) is 1. The topological polar surface area (TPSA) is 105 Å². The molecule has 1 amide bonds. The van der Waals surface area contributed by atoms with Crippen molar-refractivity contribution in [3.05, 3.63) is 109 Å². The summed E-state index contributed by atoms with van der Waals surface area (Å²) in [6.45, 7) is 4.81. The van der Waals surface area contributed by atoms with Crippen LogP contribution in [0, 0.1) is 0 Å². The number of rotatable bonds is 69. The maximum absolute atomic E-state index is 13.1. The van der Waals surface area contributed by atoms with Gasteiger partial charge in [0.1, 0.15) is 13.2 Å². The van der Waals surface area contributed by atoms with Crippen LogP contribution in [0.3, 0.4) is 0 Å². The molecule has 0 fully saturated rings. The van der Waals surface area contributed by atoms with Crippen molar-refractivity contribution in [2.24, 2.45) is 0 Å². The zero-order valence-electron chi connectivity index (χ0n) is 59.2. The summed E-state index contributed by atoms with van der Waals surface area (Å²) in [6.07, 6.45) is 102. The number of unbranched alkanes of at least 4 members (excludes halogenated alkanes) is 38. The number of phosphoric acid groups is 1. The number of aliphatic hydroxyl groups is 1. The van der Waals surface area contributed by atoms with Crippen molar-refractivity contribution in [1.82, 2.24) is 5.32 Å². The number of quaternary nitrogens is 1. The molecule has 0 aromatic heterocycles. The van der Waals surface area contributed by atoms with Gasteiger partial charge in [-0.2, -0.15) is 0 Å². The third kappa shape index (κ3) is 72.4. The molecule has 8 nitrogen and oxygen atoms in total.